The van der Waals surface area contributed by atoms with Crippen LogP contribution >= 0.6 is 22.9 Å². The molecule has 1 aromatic heterocycles. The predicted molar refractivity (Wildman–Crippen MR) is 81.2 cm³/mol. The average molecular weight is 330 g/mol. The Kier molecular flexibility index (Phi) is 4.47. The van der Waals surface area contributed by atoms with Crippen molar-refractivity contribution in [3.8, 4) is 0 Å². The summed E-state index contributed by atoms with van der Waals surface area (Å²) in [5.74, 6) is -0.171. The van der Waals surface area contributed by atoms with Crippen LogP contribution in [0.15, 0.2) is 41.3 Å². The lowest BCUT2D eigenvalue weighted by Gasteiger charge is -2.05. The first-order chi connectivity index (χ1) is 9.34. The van der Waals surface area contributed by atoms with Crippen LogP contribution in [0.5, 0.6) is 0 Å². The van der Waals surface area contributed by atoms with E-state index in [-0.39, 0.29) is 17.2 Å². The molecule has 1 heterocycles. The molecule has 0 saturated carbocycles. The molecule has 7 heteroatoms. The van der Waals surface area contributed by atoms with Crippen LogP contribution in [0.4, 0.5) is 5.69 Å². The second-order valence-corrected chi connectivity index (χ2v) is 8.04. The Morgan fingerprint density at radius 1 is 1.20 bits per heavy atom. The summed E-state index contributed by atoms with van der Waals surface area (Å²) in [5, 5.41) is 2.71. The largest absolute Gasteiger partial charge is 0.326 e. The standard InChI is InChI=1S/C13H12ClNO3S2/c1-20(17,18)11-5-2-9(3-6-11)15-13(16)8-10-4-7-12(14)19-10/h2-7H,8H2,1H3,(H,15,16). The Morgan fingerprint density at radius 3 is 2.35 bits per heavy atom. The lowest BCUT2D eigenvalue weighted by atomic mass is 10.3. The van der Waals surface area contributed by atoms with E-state index in [2.05, 4.69) is 5.32 Å². The summed E-state index contributed by atoms with van der Waals surface area (Å²) >= 11 is 7.15. The molecule has 1 amide bonds. The smallest absolute Gasteiger partial charge is 0.229 e. The van der Waals surface area contributed by atoms with Crippen LogP contribution in [0.3, 0.4) is 0 Å². The van der Waals surface area contributed by atoms with Crippen LogP contribution < -0.4 is 5.32 Å². The maximum Gasteiger partial charge on any atom is 0.229 e. The number of amides is 1. The summed E-state index contributed by atoms with van der Waals surface area (Å²) in [6.07, 6.45) is 1.38. The maximum atomic E-state index is 11.8. The van der Waals surface area contributed by atoms with Crippen LogP contribution in [0.25, 0.3) is 0 Å². The third-order valence-electron chi connectivity index (χ3n) is 2.53. The fourth-order valence-electron chi connectivity index (χ4n) is 1.60. The van der Waals surface area contributed by atoms with Crippen LogP contribution in [-0.2, 0) is 21.1 Å². The number of anilines is 1. The third kappa shape index (κ3) is 4.06. The van der Waals surface area contributed by atoms with Gasteiger partial charge in [0.25, 0.3) is 0 Å². The molecular weight excluding hydrogens is 318 g/mol. The molecular formula is C13H12ClNO3S2. The first-order valence-electron chi connectivity index (χ1n) is 5.69. The van der Waals surface area contributed by atoms with Gasteiger partial charge in [-0.3, -0.25) is 4.79 Å². The van der Waals surface area contributed by atoms with Crippen LogP contribution in [0, 0.1) is 0 Å². The van der Waals surface area contributed by atoms with Crippen LogP contribution in [0.2, 0.25) is 4.34 Å². The van der Waals surface area contributed by atoms with E-state index in [1.54, 1.807) is 24.3 Å². The predicted octanol–water partition coefficient (Wildman–Crippen LogP) is 2.99. The van der Waals surface area contributed by atoms with E-state index in [1.165, 1.54) is 23.5 Å². The molecule has 106 valence electrons. The van der Waals surface area contributed by atoms with E-state index in [1.807, 2.05) is 0 Å². The fraction of sp³-hybridized carbons (Fsp3) is 0.154. The molecule has 0 spiro atoms. The van der Waals surface area contributed by atoms with E-state index >= 15 is 0 Å². The highest BCUT2D eigenvalue weighted by Gasteiger charge is 2.09. The lowest BCUT2D eigenvalue weighted by molar-refractivity contribution is -0.115. The number of sulfone groups is 1. The highest BCUT2D eigenvalue weighted by molar-refractivity contribution is 7.90. The van der Waals surface area contributed by atoms with E-state index in [9.17, 15) is 13.2 Å². The van der Waals surface area contributed by atoms with Gasteiger partial charge in [0.2, 0.25) is 5.91 Å². The summed E-state index contributed by atoms with van der Waals surface area (Å²) in [7, 11) is -3.22. The minimum atomic E-state index is -3.22. The van der Waals surface area contributed by atoms with Crippen molar-refractivity contribution in [2.75, 3.05) is 11.6 Å². The molecule has 0 unspecified atom stereocenters. The first kappa shape index (κ1) is 15.0. The Bertz CT molecular complexity index is 720. The number of benzene rings is 1. The molecule has 0 radical (unpaired) electrons. The highest BCUT2D eigenvalue weighted by Crippen LogP contribution is 2.22. The second-order valence-electron chi connectivity index (χ2n) is 4.23. The van der Waals surface area contributed by atoms with Crippen molar-refractivity contribution in [2.45, 2.75) is 11.3 Å². The number of nitrogens with one attached hydrogen (secondary N) is 1. The van der Waals surface area contributed by atoms with Gasteiger partial charge in [0.15, 0.2) is 9.84 Å². The number of hydrogen-bond donors (Lipinski definition) is 1. The van der Waals surface area contributed by atoms with E-state index in [4.69, 9.17) is 11.6 Å². The van der Waals surface area contributed by atoms with Gasteiger partial charge >= 0.3 is 0 Å². The summed E-state index contributed by atoms with van der Waals surface area (Å²) in [4.78, 5) is 12.9. The number of hydrogen-bond acceptors (Lipinski definition) is 4. The van der Waals surface area contributed by atoms with Crippen molar-refractivity contribution in [1.29, 1.82) is 0 Å². The molecule has 2 rings (SSSR count). The van der Waals surface area contributed by atoms with Gasteiger partial charge < -0.3 is 5.32 Å². The molecule has 0 aliphatic heterocycles. The molecule has 2 aromatic rings. The first-order valence-corrected chi connectivity index (χ1v) is 8.77. The van der Waals surface area contributed by atoms with Crippen molar-refractivity contribution >= 4 is 44.4 Å². The molecule has 0 atom stereocenters. The maximum absolute atomic E-state index is 11.8. The van der Waals surface area contributed by atoms with E-state index in [0.29, 0.717) is 10.0 Å². The summed E-state index contributed by atoms with van der Waals surface area (Å²) < 4.78 is 23.3. The minimum Gasteiger partial charge on any atom is -0.326 e. The molecule has 0 bridgehead atoms. The van der Waals surface area contributed by atoms with Gasteiger partial charge in [-0.2, -0.15) is 0 Å². The Hall–Kier alpha value is -1.37. The molecule has 0 fully saturated rings. The minimum absolute atomic E-state index is 0.171. The number of halogens is 1. The van der Waals surface area contributed by atoms with Crippen LogP contribution in [-0.4, -0.2) is 20.6 Å². The van der Waals surface area contributed by atoms with Gasteiger partial charge in [-0.1, -0.05) is 11.6 Å². The monoisotopic (exact) mass is 329 g/mol. The number of carbonyl (C=O) groups is 1. The number of rotatable bonds is 4. The molecule has 1 aromatic carbocycles. The Balaban J connectivity index is 2.01. The quantitative estimate of drug-likeness (QED) is 0.938. The van der Waals surface area contributed by atoms with Crippen molar-refractivity contribution in [2.24, 2.45) is 0 Å². The topological polar surface area (TPSA) is 63.2 Å². The normalized spacial score (nSPS) is 11.3. The van der Waals surface area contributed by atoms with Crippen molar-refractivity contribution in [1.82, 2.24) is 0 Å². The van der Waals surface area contributed by atoms with E-state index in [0.717, 1.165) is 11.1 Å². The second kappa shape index (κ2) is 5.95. The molecule has 4 nitrogen and oxygen atoms in total. The van der Waals surface area contributed by atoms with Gasteiger partial charge in [0.05, 0.1) is 15.7 Å². The fourth-order valence-corrected chi connectivity index (χ4v) is 3.31. The Labute approximate surface area is 126 Å². The summed E-state index contributed by atoms with van der Waals surface area (Å²) in [5.41, 5.74) is 0.560. The molecule has 0 aliphatic rings. The average Bonchev–Trinajstić information content (AvgIpc) is 2.74. The Morgan fingerprint density at radius 2 is 1.85 bits per heavy atom. The van der Waals surface area contributed by atoms with Gasteiger partial charge in [-0.15, -0.1) is 11.3 Å². The SMILES string of the molecule is CS(=O)(=O)c1ccc(NC(=O)Cc2ccc(Cl)s2)cc1. The van der Waals surface area contributed by atoms with Crippen molar-refractivity contribution < 1.29 is 13.2 Å². The van der Waals surface area contributed by atoms with Gasteiger partial charge in [0.1, 0.15) is 0 Å². The lowest BCUT2D eigenvalue weighted by Crippen LogP contribution is -2.13. The van der Waals surface area contributed by atoms with Crippen LogP contribution in [0.1, 0.15) is 4.88 Å². The van der Waals surface area contributed by atoms with Crippen molar-refractivity contribution in [3.05, 3.63) is 45.6 Å². The number of carbonyl (C=O) groups excluding carboxylic acids is 1. The van der Waals surface area contributed by atoms with Gasteiger partial charge in [-0.05, 0) is 36.4 Å². The molecule has 0 saturated heterocycles. The highest BCUT2D eigenvalue weighted by atomic mass is 35.5. The molecule has 20 heavy (non-hydrogen) atoms. The summed E-state index contributed by atoms with van der Waals surface area (Å²) in [6.45, 7) is 0. The summed E-state index contributed by atoms with van der Waals surface area (Å²) in [6, 6.07) is 9.61. The zero-order valence-corrected chi connectivity index (χ0v) is 13.0. The molecule has 0 aliphatic carbocycles. The van der Waals surface area contributed by atoms with E-state index < -0.39 is 9.84 Å². The number of thiophene rings is 1. The molecule has 1 N–H and O–H groups in total. The third-order valence-corrected chi connectivity index (χ3v) is 4.89. The zero-order valence-electron chi connectivity index (χ0n) is 10.6. The van der Waals surface area contributed by atoms with Gasteiger partial charge in [-0.25, -0.2) is 8.42 Å². The zero-order chi connectivity index (χ0) is 14.8. The van der Waals surface area contributed by atoms with Crippen molar-refractivity contribution in [3.63, 3.8) is 0 Å². The van der Waals surface area contributed by atoms with Gasteiger partial charge in [0, 0.05) is 16.8 Å².